The van der Waals surface area contributed by atoms with Crippen molar-refractivity contribution in [2.24, 2.45) is 0 Å². The fourth-order valence-electron chi connectivity index (χ4n) is 0.659. The normalized spacial score (nSPS) is 11.4. The number of rotatable bonds is 1. The maximum absolute atomic E-state index is 10.5. The summed E-state index contributed by atoms with van der Waals surface area (Å²) < 4.78 is 29.6. The van der Waals surface area contributed by atoms with Crippen LogP contribution < -0.4 is 5.73 Å². The Bertz CT molecular complexity index is 358. The predicted octanol–water partition coefficient (Wildman–Crippen LogP) is 0.316. The molecule has 0 aliphatic rings. The van der Waals surface area contributed by atoms with Crippen LogP contribution in [0.3, 0.4) is 0 Å². The fourth-order valence-corrected chi connectivity index (χ4v) is 1.25. The van der Waals surface area contributed by atoms with Gasteiger partial charge in [0, 0.05) is 6.07 Å². The lowest BCUT2D eigenvalue weighted by molar-refractivity contribution is 0.483. The van der Waals surface area contributed by atoms with Gasteiger partial charge < -0.3 is 5.73 Å². The van der Waals surface area contributed by atoms with Crippen molar-refractivity contribution in [3.05, 3.63) is 24.3 Å². The first-order valence-corrected chi connectivity index (χ1v) is 4.19. The summed E-state index contributed by atoms with van der Waals surface area (Å²) in [6.07, 6.45) is 0. The Hall–Kier alpha value is -1.07. The van der Waals surface area contributed by atoms with Crippen LogP contribution in [0.2, 0.25) is 0 Å². The number of nitrogen functional groups attached to an aromatic ring is 1. The molecular weight excluding hydrogens is 166 g/mol. The number of benzene rings is 1. The molecule has 1 aromatic carbocycles. The molecule has 3 N–H and O–H groups in total. The van der Waals surface area contributed by atoms with E-state index < -0.39 is 10.1 Å². The van der Waals surface area contributed by atoms with Crippen molar-refractivity contribution in [2.75, 3.05) is 5.73 Å². The number of anilines is 1. The topological polar surface area (TPSA) is 80.4 Å². The third-order valence-electron chi connectivity index (χ3n) is 1.13. The van der Waals surface area contributed by atoms with E-state index >= 15 is 0 Å². The van der Waals surface area contributed by atoms with Crippen molar-refractivity contribution in [2.45, 2.75) is 4.90 Å². The third-order valence-corrected chi connectivity index (χ3v) is 2.04. The van der Waals surface area contributed by atoms with Crippen LogP contribution in [0.15, 0.2) is 23.1 Å². The van der Waals surface area contributed by atoms with E-state index in [2.05, 4.69) is 6.07 Å². The van der Waals surface area contributed by atoms with Gasteiger partial charge in [-0.15, -0.1) is 0 Å². The molecule has 0 unspecified atom stereocenters. The van der Waals surface area contributed by atoms with E-state index in [9.17, 15) is 8.42 Å². The highest BCUT2D eigenvalue weighted by atomic mass is 32.2. The summed E-state index contributed by atoms with van der Waals surface area (Å²) in [7, 11) is -4.19. The van der Waals surface area contributed by atoms with Crippen LogP contribution >= 0.6 is 0 Å². The Labute approximate surface area is 64.4 Å². The van der Waals surface area contributed by atoms with Gasteiger partial charge in [-0.3, -0.25) is 4.55 Å². The average molecular weight is 172 g/mol. The van der Waals surface area contributed by atoms with Gasteiger partial charge >= 0.3 is 0 Å². The zero-order valence-corrected chi connectivity index (χ0v) is 6.30. The molecule has 5 heteroatoms. The molecule has 1 radical (unpaired) electrons. The minimum Gasteiger partial charge on any atom is -0.397 e. The van der Waals surface area contributed by atoms with Gasteiger partial charge in [-0.2, -0.15) is 8.42 Å². The number of hydrogen-bond acceptors (Lipinski definition) is 3. The van der Waals surface area contributed by atoms with Crippen molar-refractivity contribution in [3.8, 4) is 0 Å². The second kappa shape index (κ2) is 2.52. The highest BCUT2D eigenvalue weighted by Gasteiger charge is 2.11. The Balaban J connectivity index is 3.37. The fraction of sp³-hybridized carbons (Fsp3) is 0. The molecule has 0 amide bonds. The summed E-state index contributed by atoms with van der Waals surface area (Å²) in [4.78, 5) is -0.306. The molecule has 0 atom stereocenters. The van der Waals surface area contributed by atoms with Crippen molar-refractivity contribution in [3.63, 3.8) is 0 Å². The Morgan fingerprint density at radius 2 is 2.18 bits per heavy atom. The highest BCUT2D eigenvalue weighted by Crippen LogP contribution is 2.15. The minimum absolute atomic E-state index is 0.0741. The van der Waals surface area contributed by atoms with E-state index in [0.29, 0.717) is 0 Å². The molecule has 1 rings (SSSR count). The lowest BCUT2D eigenvalue weighted by Crippen LogP contribution is -2.02. The van der Waals surface area contributed by atoms with Crippen LogP contribution in [0.25, 0.3) is 0 Å². The summed E-state index contributed by atoms with van der Waals surface area (Å²) >= 11 is 0. The standard InChI is InChI=1S/C6H6NO3S/c7-5-3-1-2-4-6(5)11(8,9)10/h1-2,4H,7H2,(H,8,9,10). The molecule has 4 nitrogen and oxygen atoms in total. The lowest BCUT2D eigenvalue weighted by atomic mass is 10.3. The Kier molecular flexibility index (Phi) is 1.84. The molecule has 0 aliphatic heterocycles. The summed E-state index contributed by atoms with van der Waals surface area (Å²) in [5.74, 6) is 0. The monoisotopic (exact) mass is 172 g/mol. The van der Waals surface area contributed by atoms with Crippen LogP contribution in [0.5, 0.6) is 0 Å². The molecule has 0 aromatic heterocycles. The predicted molar refractivity (Wildman–Crippen MR) is 39.5 cm³/mol. The molecule has 11 heavy (non-hydrogen) atoms. The van der Waals surface area contributed by atoms with Gasteiger partial charge in [-0.05, 0) is 6.07 Å². The van der Waals surface area contributed by atoms with E-state index in [1.165, 1.54) is 18.2 Å². The Morgan fingerprint density at radius 1 is 1.55 bits per heavy atom. The molecular formula is C6H6NO3S. The summed E-state index contributed by atoms with van der Waals surface area (Å²) in [5, 5.41) is 0. The molecule has 0 fully saturated rings. The quantitative estimate of drug-likeness (QED) is 0.472. The van der Waals surface area contributed by atoms with Crippen molar-refractivity contribution < 1.29 is 13.0 Å². The van der Waals surface area contributed by atoms with Gasteiger partial charge in [0.2, 0.25) is 0 Å². The van der Waals surface area contributed by atoms with Crippen LogP contribution in [-0.4, -0.2) is 13.0 Å². The van der Waals surface area contributed by atoms with E-state index in [1.54, 1.807) is 0 Å². The summed E-state index contributed by atoms with van der Waals surface area (Å²) in [6, 6.07) is 6.55. The lowest BCUT2D eigenvalue weighted by Gasteiger charge is -1.98. The Morgan fingerprint density at radius 3 is 2.55 bits per heavy atom. The molecule has 0 saturated carbocycles. The molecule has 0 heterocycles. The highest BCUT2D eigenvalue weighted by molar-refractivity contribution is 7.86. The van der Waals surface area contributed by atoms with Gasteiger partial charge in [0.05, 0.1) is 5.69 Å². The van der Waals surface area contributed by atoms with E-state index in [4.69, 9.17) is 10.3 Å². The molecule has 0 saturated heterocycles. The minimum atomic E-state index is -4.19. The zero-order chi connectivity index (χ0) is 8.48. The second-order valence-electron chi connectivity index (χ2n) is 1.92. The molecule has 0 bridgehead atoms. The number of hydrogen-bond donors (Lipinski definition) is 2. The van der Waals surface area contributed by atoms with Gasteiger partial charge in [-0.1, -0.05) is 12.1 Å². The van der Waals surface area contributed by atoms with Crippen LogP contribution in [0.1, 0.15) is 0 Å². The maximum Gasteiger partial charge on any atom is 0.296 e. The van der Waals surface area contributed by atoms with Gasteiger partial charge in [0.25, 0.3) is 10.1 Å². The molecule has 1 aromatic rings. The molecule has 0 spiro atoms. The first kappa shape index (κ1) is 8.03. The number of nitrogens with two attached hydrogens (primary N) is 1. The maximum atomic E-state index is 10.5. The largest absolute Gasteiger partial charge is 0.397 e. The first-order valence-electron chi connectivity index (χ1n) is 2.75. The first-order chi connectivity index (χ1) is 5.02. The SMILES string of the molecule is Nc1[c]cccc1S(=O)(=O)O. The van der Waals surface area contributed by atoms with Crippen LogP contribution in [-0.2, 0) is 10.1 Å². The van der Waals surface area contributed by atoms with E-state index in [-0.39, 0.29) is 10.6 Å². The average Bonchev–Trinajstić information content (AvgIpc) is 1.86. The molecule has 59 valence electrons. The second-order valence-corrected chi connectivity index (χ2v) is 3.31. The van der Waals surface area contributed by atoms with Gasteiger partial charge in [0.1, 0.15) is 4.90 Å². The van der Waals surface area contributed by atoms with Crippen molar-refractivity contribution in [1.29, 1.82) is 0 Å². The van der Waals surface area contributed by atoms with Gasteiger partial charge in [0.15, 0.2) is 0 Å². The van der Waals surface area contributed by atoms with E-state index in [1.807, 2.05) is 0 Å². The summed E-state index contributed by atoms with van der Waals surface area (Å²) in [6.45, 7) is 0. The van der Waals surface area contributed by atoms with Crippen molar-refractivity contribution in [1.82, 2.24) is 0 Å². The summed E-state index contributed by atoms with van der Waals surface area (Å²) in [5.41, 5.74) is 5.14. The van der Waals surface area contributed by atoms with Gasteiger partial charge in [-0.25, -0.2) is 0 Å². The third kappa shape index (κ3) is 1.69. The zero-order valence-electron chi connectivity index (χ0n) is 5.48. The smallest absolute Gasteiger partial charge is 0.296 e. The van der Waals surface area contributed by atoms with Crippen LogP contribution in [0.4, 0.5) is 5.69 Å². The van der Waals surface area contributed by atoms with E-state index in [0.717, 1.165) is 0 Å². The molecule has 0 aliphatic carbocycles. The number of para-hydroxylation sites is 1. The van der Waals surface area contributed by atoms with Crippen LogP contribution in [0, 0.1) is 6.07 Å². The van der Waals surface area contributed by atoms with Crippen molar-refractivity contribution >= 4 is 15.8 Å².